The van der Waals surface area contributed by atoms with Gasteiger partial charge in [0.25, 0.3) is 0 Å². The van der Waals surface area contributed by atoms with Crippen LogP contribution in [0.2, 0.25) is 0 Å². The summed E-state index contributed by atoms with van der Waals surface area (Å²) in [5.74, 6) is 0.914. The van der Waals surface area contributed by atoms with Crippen molar-refractivity contribution in [1.29, 1.82) is 0 Å². The number of para-hydroxylation sites is 2. The first-order valence-electron chi connectivity index (χ1n) is 15.1. The van der Waals surface area contributed by atoms with Crippen molar-refractivity contribution in [3.8, 4) is 39.6 Å². The first-order valence-corrected chi connectivity index (χ1v) is 15.1. The lowest BCUT2D eigenvalue weighted by Crippen LogP contribution is -1.98. The molecule has 45 heavy (non-hydrogen) atoms. The van der Waals surface area contributed by atoms with Crippen LogP contribution in [-0.4, -0.2) is 19.5 Å². The number of nitrogens with zero attached hydrogens (tertiary/aromatic N) is 4. The van der Waals surface area contributed by atoms with Crippen molar-refractivity contribution in [3.63, 3.8) is 0 Å². The number of aromatic nitrogens is 4. The van der Waals surface area contributed by atoms with Gasteiger partial charge in [-0.05, 0) is 53.2 Å². The molecule has 3 heterocycles. The van der Waals surface area contributed by atoms with E-state index in [4.69, 9.17) is 15.0 Å². The Morgan fingerprint density at radius 2 is 0.978 bits per heavy atom. The smallest absolute Gasteiger partial charge is 0.145 e. The van der Waals surface area contributed by atoms with Gasteiger partial charge in [-0.1, -0.05) is 115 Å². The average molecular weight is 575 g/mol. The molecular formula is C41H26N4. The van der Waals surface area contributed by atoms with Gasteiger partial charge in [-0.25, -0.2) is 15.0 Å². The Hall–Kier alpha value is -6.13. The number of benzene rings is 6. The quantitative estimate of drug-likeness (QED) is 0.196. The van der Waals surface area contributed by atoms with E-state index in [0.29, 0.717) is 0 Å². The van der Waals surface area contributed by atoms with Crippen LogP contribution in [0.1, 0.15) is 0 Å². The second kappa shape index (κ2) is 10.2. The molecule has 0 amide bonds. The molecular weight excluding hydrogens is 548 g/mol. The summed E-state index contributed by atoms with van der Waals surface area (Å²) in [4.78, 5) is 15.4. The Morgan fingerprint density at radius 1 is 0.378 bits per heavy atom. The number of pyridine rings is 2. The summed E-state index contributed by atoms with van der Waals surface area (Å²) in [7, 11) is 0. The highest BCUT2D eigenvalue weighted by Gasteiger charge is 2.15. The van der Waals surface area contributed by atoms with Crippen LogP contribution in [0.5, 0.6) is 0 Å². The third-order valence-electron chi connectivity index (χ3n) is 8.56. The SMILES string of the molecule is c1ccc(-c2nc3ccccc3n2-c2cccc(-c3ccc4ccc5ccc(-c6ccc7ccccc7c6)nc5c4n3)c2)cc1. The zero-order chi connectivity index (χ0) is 29.7. The van der Waals surface area contributed by atoms with Gasteiger partial charge in [-0.15, -0.1) is 0 Å². The minimum absolute atomic E-state index is 0.899. The van der Waals surface area contributed by atoms with Gasteiger partial charge in [0.1, 0.15) is 5.82 Å². The molecule has 0 radical (unpaired) electrons. The van der Waals surface area contributed by atoms with Crippen molar-refractivity contribution in [2.75, 3.05) is 0 Å². The van der Waals surface area contributed by atoms with E-state index in [9.17, 15) is 0 Å². The molecule has 3 aromatic heterocycles. The van der Waals surface area contributed by atoms with E-state index in [-0.39, 0.29) is 0 Å². The molecule has 210 valence electrons. The van der Waals surface area contributed by atoms with Gasteiger partial charge in [0.15, 0.2) is 0 Å². The Morgan fingerprint density at radius 3 is 1.76 bits per heavy atom. The summed E-state index contributed by atoms with van der Waals surface area (Å²) in [5, 5.41) is 4.57. The van der Waals surface area contributed by atoms with Crippen molar-refractivity contribution in [3.05, 3.63) is 158 Å². The maximum atomic E-state index is 5.24. The van der Waals surface area contributed by atoms with Crippen LogP contribution in [0.25, 0.3) is 83.2 Å². The van der Waals surface area contributed by atoms with Gasteiger partial charge in [0.2, 0.25) is 0 Å². The molecule has 4 heteroatoms. The van der Waals surface area contributed by atoms with E-state index in [1.54, 1.807) is 0 Å². The molecule has 9 rings (SSSR count). The van der Waals surface area contributed by atoms with Gasteiger partial charge in [-0.3, -0.25) is 4.57 Å². The predicted molar refractivity (Wildman–Crippen MR) is 185 cm³/mol. The van der Waals surface area contributed by atoms with Crippen LogP contribution in [-0.2, 0) is 0 Å². The average Bonchev–Trinajstić information content (AvgIpc) is 3.51. The minimum atomic E-state index is 0.899. The van der Waals surface area contributed by atoms with E-state index in [0.717, 1.165) is 72.4 Å². The summed E-state index contributed by atoms with van der Waals surface area (Å²) >= 11 is 0. The molecule has 0 spiro atoms. The molecule has 0 N–H and O–H groups in total. The van der Waals surface area contributed by atoms with Gasteiger partial charge in [-0.2, -0.15) is 0 Å². The standard InChI is InChI=1S/C41H26N4/c1-2-10-30(11-3-1)41-44-37-15-6-7-16-38(37)45(41)34-14-8-13-32(26-34)35-23-21-28-18-19-29-22-24-36(43-40(29)39(28)42-35)33-20-17-27-9-4-5-12-31(27)25-33/h1-26H. The molecule has 0 aliphatic heterocycles. The molecule has 4 nitrogen and oxygen atoms in total. The minimum Gasteiger partial charge on any atom is -0.292 e. The number of rotatable bonds is 4. The number of hydrogen-bond donors (Lipinski definition) is 0. The largest absolute Gasteiger partial charge is 0.292 e. The summed E-state index contributed by atoms with van der Waals surface area (Å²) in [6, 6.07) is 54.9. The lowest BCUT2D eigenvalue weighted by Gasteiger charge is -2.12. The maximum Gasteiger partial charge on any atom is 0.145 e. The topological polar surface area (TPSA) is 43.6 Å². The first kappa shape index (κ1) is 25.4. The molecule has 0 aliphatic rings. The highest BCUT2D eigenvalue weighted by atomic mass is 15.1. The Labute approximate surface area is 259 Å². The predicted octanol–water partition coefficient (Wildman–Crippen LogP) is 10.3. The Bertz CT molecular complexity index is 2550. The van der Waals surface area contributed by atoms with Gasteiger partial charge in [0, 0.05) is 33.2 Å². The van der Waals surface area contributed by atoms with Crippen LogP contribution in [0.3, 0.4) is 0 Å². The Kier molecular flexibility index (Phi) is 5.78. The van der Waals surface area contributed by atoms with Crippen molar-refractivity contribution in [2.45, 2.75) is 0 Å². The molecule has 0 unspecified atom stereocenters. The fraction of sp³-hybridized carbons (Fsp3) is 0. The Balaban J connectivity index is 1.19. The van der Waals surface area contributed by atoms with Crippen LogP contribution >= 0.6 is 0 Å². The van der Waals surface area contributed by atoms with E-state index in [1.807, 2.05) is 12.1 Å². The van der Waals surface area contributed by atoms with E-state index >= 15 is 0 Å². The third kappa shape index (κ3) is 4.35. The second-order valence-corrected chi connectivity index (χ2v) is 11.3. The lowest BCUT2D eigenvalue weighted by molar-refractivity contribution is 1.10. The molecule has 0 atom stereocenters. The summed E-state index contributed by atoms with van der Waals surface area (Å²) in [5.41, 5.74) is 9.92. The molecule has 0 fully saturated rings. The van der Waals surface area contributed by atoms with Crippen LogP contribution < -0.4 is 0 Å². The number of fused-ring (bicyclic) bond motifs is 5. The lowest BCUT2D eigenvalue weighted by atomic mass is 10.0. The van der Waals surface area contributed by atoms with Crippen LogP contribution in [0.4, 0.5) is 0 Å². The number of imidazole rings is 1. The van der Waals surface area contributed by atoms with Crippen molar-refractivity contribution >= 4 is 43.6 Å². The van der Waals surface area contributed by atoms with Gasteiger partial charge < -0.3 is 0 Å². The van der Waals surface area contributed by atoms with Crippen LogP contribution in [0, 0.1) is 0 Å². The monoisotopic (exact) mass is 574 g/mol. The van der Waals surface area contributed by atoms with E-state index in [2.05, 4.69) is 150 Å². The van der Waals surface area contributed by atoms with E-state index < -0.39 is 0 Å². The molecule has 0 saturated carbocycles. The van der Waals surface area contributed by atoms with Gasteiger partial charge in [0.05, 0.1) is 33.5 Å². The molecule has 6 aromatic carbocycles. The second-order valence-electron chi connectivity index (χ2n) is 11.3. The van der Waals surface area contributed by atoms with Crippen LogP contribution in [0.15, 0.2) is 158 Å². The van der Waals surface area contributed by atoms with Gasteiger partial charge >= 0.3 is 0 Å². The molecule has 9 aromatic rings. The highest BCUT2D eigenvalue weighted by Crippen LogP contribution is 2.33. The highest BCUT2D eigenvalue weighted by molar-refractivity contribution is 6.04. The zero-order valence-corrected chi connectivity index (χ0v) is 24.3. The maximum absolute atomic E-state index is 5.24. The summed E-state index contributed by atoms with van der Waals surface area (Å²) < 4.78 is 2.24. The summed E-state index contributed by atoms with van der Waals surface area (Å²) in [6.07, 6.45) is 0. The fourth-order valence-electron chi connectivity index (χ4n) is 6.31. The fourth-order valence-corrected chi connectivity index (χ4v) is 6.31. The first-order chi connectivity index (χ1) is 22.3. The number of hydrogen-bond acceptors (Lipinski definition) is 3. The summed E-state index contributed by atoms with van der Waals surface area (Å²) in [6.45, 7) is 0. The zero-order valence-electron chi connectivity index (χ0n) is 24.3. The molecule has 0 aliphatic carbocycles. The third-order valence-corrected chi connectivity index (χ3v) is 8.56. The van der Waals surface area contributed by atoms with E-state index in [1.165, 1.54) is 10.8 Å². The molecule has 0 saturated heterocycles. The normalized spacial score (nSPS) is 11.6. The van der Waals surface area contributed by atoms with Crippen molar-refractivity contribution in [1.82, 2.24) is 19.5 Å². The van der Waals surface area contributed by atoms with Crippen molar-refractivity contribution < 1.29 is 0 Å². The molecule has 0 bridgehead atoms. The van der Waals surface area contributed by atoms with Crippen molar-refractivity contribution in [2.24, 2.45) is 0 Å².